The van der Waals surface area contributed by atoms with E-state index in [9.17, 15) is 18.0 Å². The Hall–Kier alpha value is -5.16. The number of carbonyl (C=O) groups excluding carboxylic acids is 1. The summed E-state index contributed by atoms with van der Waals surface area (Å²) in [6, 6.07) is 40.0. The quantitative estimate of drug-likeness (QED) is 0.147. The summed E-state index contributed by atoms with van der Waals surface area (Å²) in [5.41, 5.74) is 10.5. The van der Waals surface area contributed by atoms with Crippen molar-refractivity contribution in [2.45, 2.75) is 95.6 Å². The van der Waals surface area contributed by atoms with Crippen LogP contribution in [0, 0.1) is 6.07 Å². The van der Waals surface area contributed by atoms with E-state index in [-0.39, 0.29) is 11.3 Å². The fourth-order valence-corrected chi connectivity index (χ4v) is 9.23. The van der Waals surface area contributed by atoms with Gasteiger partial charge in [0.05, 0.1) is 5.56 Å². The van der Waals surface area contributed by atoms with Crippen LogP contribution >= 0.6 is 0 Å². The number of carbonyl (C=O) groups is 1. The molecule has 0 saturated heterocycles. The molecule has 5 heteroatoms. The molecule has 2 aliphatic carbocycles. The molecule has 0 heterocycles. The average Bonchev–Trinajstić information content (AvgIpc) is 3.43. The van der Waals surface area contributed by atoms with E-state index in [1.807, 2.05) is 54.6 Å². The molecular weight excluding hydrogens is 688 g/mol. The Morgan fingerprint density at radius 2 is 1.36 bits per heavy atom. The zero-order chi connectivity index (χ0) is 38.4. The molecule has 0 bridgehead atoms. The highest BCUT2D eigenvalue weighted by Crippen LogP contribution is 2.52. The molecule has 0 atom stereocenters. The highest BCUT2D eigenvalue weighted by molar-refractivity contribution is 6.05. The standard InChI is InChI=1S/C50H47F3NO/c1-4-5-7-28-49(29-8-6-9-30-49)39-20-14-34(15-21-39)33-10-12-36(13-11-33)47(55)54-41-23-16-35(17-24-41)37-18-26-44-43(32-37)46-42-25-22-40(50(51,52)53)31-38(42)19-27-45(46)48(44,2)3/h10-18,20-27,31-32H,4-9,28-30H2,1-3H3,(H,54,55). The van der Waals surface area contributed by atoms with Gasteiger partial charge in [-0.25, -0.2) is 0 Å². The summed E-state index contributed by atoms with van der Waals surface area (Å²) in [6.45, 7) is 6.56. The van der Waals surface area contributed by atoms with E-state index in [2.05, 4.69) is 74.6 Å². The lowest BCUT2D eigenvalue weighted by molar-refractivity contribution is -0.137. The minimum absolute atomic E-state index is 0.172. The van der Waals surface area contributed by atoms with Crippen molar-refractivity contribution in [2.24, 2.45) is 0 Å². The van der Waals surface area contributed by atoms with Crippen molar-refractivity contribution in [1.29, 1.82) is 0 Å². The van der Waals surface area contributed by atoms with Gasteiger partial charge in [-0.15, -0.1) is 0 Å². The Balaban J connectivity index is 0.970. The lowest BCUT2D eigenvalue weighted by Gasteiger charge is -2.38. The van der Waals surface area contributed by atoms with Crippen molar-refractivity contribution in [3.8, 4) is 33.4 Å². The van der Waals surface area contributed by atoms with Crippen molar-refractivity contribution in [2.75, 3.05) is 5.32 Å². The van der Waals surface area contributed by atoms with E-state index < -0.39 is 11.7 Å². The van der Waals surface area contributed by atoms with Crippen molar-refractivity contribution in [1.82, 2.24) is 0 Å². The van der Waals surface area contributed by atoms with Gasteiger partial charge in [-0.3, -0.25) is 4.79 Å². The van der Waals surface area contributed by atoms with Crippen LogP contribution in [0.1, 0.15) is 111 Å². The second kappa shape index (κ2) is 14.5. The first-order valence-corrected chi connectivity index (χ1v) is 19.8. The molecule has 8 rings (SSSR count). The van der Waals surface area contributed by atoms with Crippen LogP contribution in [-0.4, -0.2) is 5.91 Å². The lowest BCUT2D eigenvalue weighted by atomic mass is 9.66. The number of rotatable bonds is 9. The van der Waals surface area contributed by atoms with Gasteiger partial charge in [-0.05, 0) is 140 Å². The van der Waals surface area contributed by atoms with E-state index in [0.29, 0.717) is 22.1 Å². The predicted octanol–water partition coefficient (Wildman–Crippen LogP) is 14.3. The van der Waals surface area contributed by atoms with Crippen molar-refractivity contribution < 1.29 is 18.0 Å². The van der Waals surface area contributed by atoms with Crippen LogP contribution < -0.4 is 5.32 Å². The maximum Gasteiger partial charge on any atom is 0.416 e. The Kier molecular flexibility index (Phi) is 9.69. The summed E-state index contributed by atoms with van der Waals surface area (Å²) in [6.07, 6.45) is 7.30. The van der Waals surface area contributed by atoms with Crippen LogP contribution in [-0.2, 0) is 17.0 Å². The maximum atomic E-state index is 13.5. The zero-order valence-electron chi connectivity index (χ0n) is 31.9. The molecule has 0 spiro atoms. The molecule has 1 fully saturated rings. The van der Waals surface area contributed by atoms with Gasteiger partial charge in [0.2, 0.25) is 0 Å². The largest absolute Gasteiger partial charge is 0.416 e. The van der Waals surface area contributed by atoms with E-state index in [4.69, 9.17) is 0 Å². The van der Waals surface area contributed by atoms with Crippen LogP contribution in [0.2, 0.25) is 0 Å². The molecule has 0 aromatic heterocycles. The number of amides is 1. The summed E-state index contributed by atoms with van der Waals surface area (Å²) in [5.74, 6) is -0.172. The fraction of sp³-hybridized carbons (Fsp3) is 0.300. The molecular formula is C50H47F3NO. The number of halogens is 3. The van der Waals surface area contributed by atoms with Crippen molar-refractivity contribution in [3.63, 3.8) is 0 Å². The van der Waals surface area contributed by atoms with Crippen LogP contribution in [0.3, 0.4) is 0 Å². The molecule has 1 saturated carbocycles. The van der Waals surface area contributed by atoms with Gasteiger partial charge in [-0.1, -0.05) is 126 Å². The van der Waals surface area contributed by atoms with E-state index in [1.54, 1.807) is 6.07 Å². The maximum absolute atomic E-state index is 13.5. The molecule has 6 aromatic carbocycles. The third-order valence-electron chi connectivity index (χ3n) is 12.4. The second-order valence-electron chi connectivity index (χ2n) is 16.2. The summed E-state index contributed by atoms with van der Waals surface area (Å²) < 4.78 is 40.5. The zero-order valence-corrected chi connectivity index (χ0v) is 31.9. The molecule has 2 nitrogen and oxygen atoms in total. The Bertz CT molecular complexity index is 2350. The van der Waals surface area contributed by atoms with Gasteiger partial charge >= 0.3 is 6.18 Å². The van der Waals surface area contributed by atoms with Crippen LogP contribution in [0.25, 0.3) is 44.2 Å². The van der Waals surface area contributed by atoms with Crippen LogP contribution in [0.5, 0.6) is 0 Å². The SMILES string of the molecule is CCCCCC1(c2ccc(-c3ccc(C(=O)Nc4ccc(-c5ccc6c(c5)-c5c(c[c]c7cc(C(F)(F)F)ccc57)C6(C)C)cc4)cc3)cc2)CCCCC1. The highest BCUT2D eigenvalue weighted by atomic mass is 19.4. The number of benzene rings is 6. The van der Waals surface area contributed by atoms with Gasteiger partial charge in [0, 0.05) is 16.7 Å². The molecule has 6 aromatic rings. The van der Waals surface area contributed by atoms with E-state index in [1.165, 1.54) is 69.4 Å². The van der Waals surface area contributed by atoms with Gasteiger partial charge in [0.1, 0.15) is 0 Å². The smallest absolute Gasteiger partial charge is 0.322 e. The molecule has 1 radical (unpaired) electrons. The number of hydrogen-bond donors (Lipinski definition) is 1. The number of hydrogen-bond acceptors (Lipinski definition) is 1. The molecule has 1 amide bonds. The number of fused-ring (bicyclic) bond motifs is 5. The molecule has 0 unspecified atom stereocenters. The Labute approximate surface area is 322 Å². The summed E-state index contributed by atoms with van der Waals surface area (Å²) in [4.78, 5) is 13.3. The first-order chi connectivity index (χ1) is 26.5. The fourth-order valence-electron chi connectivity index (χ4n) is 9.23. The van der Waals surface area contributed by atoms with Gasteiger partial charge < -0.3 is 5.32 Å². The first kappa shape index (κ1) is 36.8. The first-order valence-electron chi connectivity index (χ1n) is 19.8. The van der Waals surface area contributed by atoms with Crippen molar-refractivity contribution >= 4 is 22.4 Å². The molecule has 0 aliphatic heterocycles. The number of anilines is 1. The predicted molar refractivity (Wildman–Crippen MR) is 220 cm³/mol. The van der Waals surface area contributed by atoms with Gasteiger partial charge in [0.25, 0.3) is 5.91 Å². The molecule has 2 aliphatic rings. The molecule has 55 heavy (non-hydrogen) atoms. The Morgan fingerprint density at radius 3 is 2.04 bits per heavy atom. The molecule has 1 N–H and O–H groups in total. The normalized spacial score (nSPS) is 15.7. The monoisotopic (exact) mass is 734 g/mol. The minimum Gasteiger partial charge on any atom is -0.322 e. The summed E-state index contributed by atoms with van der Waals surface area (Å²) >= 11 is 0. The van der Waals surface area contributed by atoms with Crippen LogP contribution in [0.4, 0.5) is 18.9 Å². The molecule has 279 valence electrons. The second-order valence-corrected chi connectivity index (χ2v) is 16.2. The lowest BCUT2D eigenvalue weighted by Crippen LogP contribution is -2.29. The van der Waals surface area contributed by atoms with Crippen LogP contribution in [0.15, 0.2) is 115 Å². The van der Waals surface area contributed by atoms with Crippen molar-refractivity contribution in [3.05, 3.63) is 149 Å². The third-order valence-corrected chi connectivity index (χ3v) is 12.4. The van der Waals surface area contributed by atoms with E-state index in [0.717, 1.165) is 56.0 Å². The Morgan fingerprint density at radius 1 is 0.727 bits per heavy atom. The number of alkyl halides is 3. The highest BCUT2D eigenvalue weighted by Gasteiger charge is 2.38. The topological polar surface area (TPSA) is 29.1 Å². The average molecular weight is 735 g/mol. The number of nitrogens with one attached hydrogen (secondary N) is 1. The minimum atomic E-state index is -4.42. The summed E-state index contributed by atoms with van der Waals surface area (Å²) in [5, 5.41) is 4.26. The van der Waals surface area contributed by atoms with Gasteiger partial charge in [-0.2, -0.15) is 13.2 Å². The van der Waals surface area contributed by atoms with Gasteiger partial charge in [0.15, 0.2) is 0 Å². The van der Waals surface area contributed by atoms with E-state index >= 15 is 0 Å². The summed E-state index contributed by atoms with van der Waals surface area (Å²) in [7, 11) is 0. The third kappa shape index (κ3) is 6.99. The number of unbranched alkanes of at least 4 members (excludes halogenated alkanes) is 2.